The molecule has 1 heterocycles. The monoisotopic (exact) mass is 448 g/mol. The van der Waals surface area contributed by atoms with Crippen LogP contribution in [-0.2, 0) is 15.7 Å². The molecule has 0 aliphatic rings. The standard InChI is InChI=1S/C22H19F3N2O5/c1-4-32-16-11-10-13(22(23,24)25)12-15(16)18-17(20(28)30-2)19(21(29)31-3)27(26-18)14-8-6-5-7-9-14/h5-12H,4H2,1-3H3. The topological polar surface area (TPSA) is 79.7 Å². The van der Waals surface area contributed by atoms with Crippen LogP contribution in [0.25, 0.3) is 16.9 Å². The summed E-state index contributed by atoms with van der Waals surface area (Å²) in [6.45, 7) is 1.81. The van der Waals surface area contributed by atoms with Crippen LogP contribution in [0.1, 0.15) is 33.3 Å². The minimum atomic E-state index is -4.65. The van der Waals surface area contributed by atoms with Crippen LogP contribution < -0.4 is 4.74 Å². The number of hydrogen-bond donors (Lipinski definition) is 0. The molecule has 1 aromatic heterocycles. The summed E-state index contributed by atoms with van der Waals surface area (Å²) in [6.07, 6.45) is -4.65. The largest absolute Gasteiger partial charge is 0.493 e. The van der Waals surface area contributed by atoms with Gasteiger partial charge in [0.2, 0.25) is 0 Å². The van der Waals surface area contributed by atoms with Crippen LogP contribution in [0.4, 0.5) is 13.2 Å². The van der Waals surface area contributed by atoms with Gasteiger partial charge < -0.3 is 14.2 Å². The summed E-state index contributed by atoms with van der Waals surface area (Å²) >= 11 is 0. The third-order valence-corrected chi connectivity index (χ3v) is 4.52. The molecule has 0 bridgehead atoms. The maximum Gasteiger partial charge on any atom is 0.416 e. The highest BCUT2D eigenvalue weighted by Crippen LogP contribution is 2.39. The predicted octanol–water partition coefficient (Wildman–Crippen LogP) is 4.53. The lowest BCUT2D eigenvalue weighted by Gasteiger charge is -2.13. The smallest absolute Gasteiger partial charge is 0.416 e. The number of alkyl halides is 3. The number of carbonyl (C=O) groups excluding carboxylic acids is 2. The molecule has 0 atom stereocenters. The Labute approximate surface area is 181 Å². The van der Waals surface area contributed by atoms with Crippen LogP contribution in [0.5, 0.6) is 5.75 Å². The van der Waals surface area contributed by atoms with Gasteiger partial charge in [-0.2, -0.15) is 18.3 Å². The molecular formula is C22H19F3N2O5. The maximum atomic E-state index is 13.4. The molecule has 0 aliphatic heterocycles. The number of halogens is 3. The van der Waals surface area contributed by atoms with E-state index in [0.29, 0.717) is 5.69 Å². The van der Waals surface area contributed by atoms with Gasteiger partial charge in [0.05, 0.1) is 32.1 Å². The van der Waals surface area contributed by atoms with E-state index in [1.165, 1.54) is 0 Å². The van der Waals surface area contributed by atoms with Crippen LogP contribution in [0.15, 0.2) is 48.5 Å². The van der Waals surface area contributed by atoms with Crippen molar-refractivity contribution in [2.45, 2.75) is 13.1 Å². The minimum Gasteiger partial charge on any atom is -0.493 e. The lowest BCUT2D eigenvalue weighted by molar-refractivity contribution is -0.137. The van der Waals surface area contributed by atoms with Crippen LogP contribution in [0, 0.1) is 0 Å². The van der Waals surface area contributed by atoms with Crippen molar-refractivity contribution in [3.05, 3.63) is 65.4 Å². The Morgan fingerprint density at radius 1 is 1.00 bits per heavy atom. The Morgan fingerprint density at radius 2 is 1.66 bits per heavy atom. The Hall–Kier alpha value is -3.82. The highest BCUT2D eigenvalue weighted by atomic mass is 19.4. The summed E-state index contributed by atoms with van der Waals surface area (Å²) < 4.78 is 56.5. The average molecular weight is 448 g/mol. The fourth-order valence-electron chi connectivity index (χ4n) is 3.12. The number of nitrogens with zero attached hydrogens (tertiary/aromatic N) is 2. The molecule has 0 fully saturated rings. The second-order valence-electron chi connectivity index (χ2n) is 6.44. The Kier molecular flexibility index (Phi) is 6.52. The molecule has 0 N–H and O–H groups in total. The van der Waals surface area contributed by atoms with E-state index in [-0.39, 0.29) is 34.9 Å². The van der Waals surface area contributed by atoms with Crippen molar-refractivity contribution in [1.29, 1.82) is 0 Å². The van der Waals surface area contributed by atoms with Crippen molar-refractivity contribution in [3.8, 4) is 22.7 Å². The number of hydrogen-bond acceptors (Lipinski definition) is 6. The van der Waals surface area contributed by atoms with Crippen LogP contribution >= 0.6 is 0 Å². The van der Waals surface area contributed by atoms with E-state index in [0.717, 1.165) is 37.1 Å². The van der Waals surface area contributed by atoms with E-state index < -0.39 is 23.7 Å². The molecule has 0 aliphatic carbocycles. The second kappa shape index (κ2) is 9.13. The SMILES string of the molecule is CCOc1ccc(C(F)(F)F)cc1-c1nn(-c2ccccc2)c(C(=O)OC)c1C(=O)OC. The zero-order chi connectivity index (χ0) is 23.5. The van der Waals surface area contributed by atoms with E-state index in [2.05, 4.69) is 5.10 Å². The molecular weight excluding hydrogens is 429 g/mol. The maximum absolute atomic E-state index is 13.4. The minimum absolute atomic E-state index is 0.0554. The number of rotatable bonds is 6. The van der Waals surface area contributed by atoms with E-state index in [1.54, 1.807) is 37.3 Å². The lowest BCUT2D eigenvalue weighted by atomic mass is 10.0. The van der Waals surface area contributed by atoms with Crippen LogP contribution in [0.2, 0.25) is 0 Å². The summed E-state index contributed by atoms with van der Waals surface area (Å²) in [7, 11) is 2.20. The van der Waals surface area contributed by atoms with Gasteiger partial charge in [0.1, 0.15) is 17.0 Å². The number of carbonyl (C=O) groups is 2. The van der Waals surface area contributed by atoms with E-state index in [1.807, 2.05) is 0 Å². The van der Waals surface area contributed by atoms with Crippen molar-refractivity contribution in [1.82, 2.24) is 9.78 Å². The quantitative estimate of drug-likeness (QED) is 0.516. The van der Waals surface area contributed by atoms with Crippen molar-refractivity contribution >= 4 is 11.9 Å². The number of aromatic nitrogens is 2. The van der Waals surface area contributed by atoms with Crippen molar-refractivity contribution < 1.29 is 37.0 Å². The highest BCUT2D eigenvalue weighted by Gasteiger charge is 2.35. The van der Waals surface area contributed by atoms with Crippen molar-refractivity contribution in [2.75, 3.05) is 20.8 Å². The number of ether oxygens (including phenoxy) is 3. The van der Waals surface area contributed by atoms with Crippen LogP contribution in [-0.4, -0.2) is 42.5 Å². The summed E-state index contributed by atoms with van der Waals surface area (Å²) in [5, 5.41) is 4.32. The Balaban J connectivity index is 2.42. The van der Waals surface area contributed by atoms with Gasteiger partial charge in [0.15, 0.2) is 5.69 Å². The first-order chi connectivity index (χ1) is 15.2. The molecule has 10 heteroatoms. The first kappa shape index (κ1) is 22.9. The lowest BCUT2D eigenvalue weighted by Crippen LogP contribution is -2.15. The molecule has 2 aromatic carbocycles. The van der Waals surface area contributed by atoms with Crippen LogP contribution in [0.3, 0.4) is 0 Å². The molecule has 3 aromatic rings. The summed E-state index contributed by atoms with van der Waals surface area (Å²) in [5.74, 6) is -1.83. The first-order valence-electron chi connectivity index (χ1n) is 9.42. The third kappa shape index (κ3) is 4.29. The third-order valence-electron chi connectivity index (χ3n) is 4.52. The zero-order valence-corrected chi connectivity index (χ0v) is 17.4. The van der Waals surface area contributed by atoms with Crippen molar-refractivity contribution in [3.63, 3.8) is 0 Å². The van der Waals surface area contributed by atoms with Gasteiger partial charge >= 0.3 is 18.1 Å². The van der Waals surface area contributed by atoms with Gasteiger partial charge in [-0.3, -0.25) is 0 Å². The molecule has 0 saturated carbocycles. The van der Waals surface area contributed by atoms with Gasteiger partial charge in [-0.25, -0.2) is 14.3 Å². The number of benzene rings is 2. The van der Waals surface area contributed by atoms with Gasteiger partial charge in [0.25, 0.3) is 0 Å². The molecule has 0 unspecified atom stereocenters. The molecule has 0 saturated heterocycles. The molecule has 3 rings (SSSR count). The Bertz CT molecular complexity index is 1140. The number of methoxy groups -OCH3 is 2. The van der Waals surface area contributed by atoms with E-state index in [9.17, 15) is 22.8 Å². The predicted molar refractivity (Wildman–Crippen MR) is 108 cm³/mol. The molecule has 7 nitrogen and oxygen atoms in total. The van der Waals surface area contributed by atoms with E-state index in [4.69, 9.17) is 14.2 Å². The molecule has 0 amide bonds. The number of esters is 2. The Morgan fingerprint density at radius 3 is 2.22 bits per heavy atom. The fourth-order valence-corrected chi connectivity index (χ4v) is 3.12. The second-order valence-corrected chi connectivity index (χ2v) is 6.44. The van der Waals surface area contributed by atoms with E-state index >= 15 is 0 Å². The zero-order valence-electron chi connectivity index (χ0n) is 17.4. The molecule has 0 spiro atoms. The summed E-state index contributed by atoms with van der Waals surface area (Å²) in [6, 6.07) is 11.1. The van der Waals surface area contributed by atoms with Gasteiger partial charge in [-0.1, -0.05) is 18.2 Å². The summed E-state index contributed by atoms with van der Waals surface area (Å²) in [4.78, 5) is 25.3. The summed E-state index contributed by atoms with van der Waals surface area (Å²) in [5.41, 5.74) is -1.56. The van der Waals surface area contributed by atoms with Crippen molar-refractivity contribution in [2.24, 2.45) is 0 Å². The van der Waals surface area contributed by atoms with Gasteiger partial charge in [-0.15, -0.1) is 0 Å². The number of para-hydroxylation sites is 1. The molecule has 0 radical (unpaired) electrons. The fraction of sp³-hybridized carbons (Fsp3) is 0.227. The van der Waals surface area contributed by atoms with Gasteiger partial charge in [-0.05, 0) is 37.3 Å². The normalized spacial score (nSPS) is 11.2. The van der Waals surface area contributed by atoms with Gasteiger partial charge in [0, 0.05) is 5.56 Å². The highest BCUT2D eigenvalue weighted by molar-refractivity contribution is 6.07. The average Bonchev–Trinajstić information content (AvgIpc) is 3.18. The molecule has 168 valence electrons. The first-order valence-corrected chi connectivity index (χ1v) is 9.42. The molecule has 32 heavy (non-hydrogen) atoms.